The Bertz CT molecular complexity index is 864. The molecule has 0 aliphatic heterocycles. The van der Waals surface area contributed by atoms with Crippen molar-refractivity contribution in [1.29, 1.82) is 0 Å². The fourth-order valence-corrected chi connectivity index (χ4v) is 3.09. The molecule has 2 N–H and O–H groups in total. The average Bonchev–Trinajstić information content (AvgIpc) is 2.60. The molecule has 6 nitrogen and oxygen atoms in total. The standard InChI is InChI=1S/C20H23Cl2NO5/c1-20(2,3)28-19(25)23-14-8-6-11(21)10-13(14)17(24)12-7-9-15(26-4)18(27-5)16(12)22/h6-10,17,24H,1-5H3,(H,23,25). The Balaban J connectivity index is 2.44. The van der Waals surface area contributed by atoms with Crippen molar-refractivity contribution in [1.82, 2.24) is 0 Å². The molecule has 0 fully saturated rings. The molecule has 28 heavy (non-hydrogen) atoms. The Morgan fingerprint density at radius 2 is 1.75 bits per heavy atom. The van der Waals surface area contributed by atoms with Crippen LogP contribution in [0.15, 0.2) is 30.3 Å². The highest BCUT2D eigenvalue weighted by molar-refractivity contribution is 6.33. The zero-order valence-corrected chi connectivity index (χ0v) is 17.8. The van der Waals surface area contributed by atoms with Gasteiger partial charge in [-0.15, -0.1) is 0 Å². The number of hydrogen-bond donors (Lipinski definition) is 2. The number of rotatable bonds is 5. The predicted molar refractivity (Wildman–Crippen MR) is 110 cm³/mol. The maximum absolute atomic E-state index is 12.2. The Morgan fingerprint density at radius 1 is 1.07 bits per heavy atom. The van der Waals surface area contributed by atoms with Crippen molar-refractivity contribution in [3.8, 4) is 11.5 Å². The Kier molecular flexibility index (Phi) is 7.04. The summed E-state index contributed by atoms with van der Waals surface area (Å²) < 4.78 is 15.8. The second kappa shape index (κ2) is 8.90. The van der Waals surface area contributed by atoms with Crippen molar-refractivity contribution in [2.45, 2.75) is 32.5 Å². The highest BCUT2D eigenvalue weighted by atomic mass is 35.5. The first-order valence-electron chi connectivity index (χ1n) is 8.45. The summed E-state index contributed by atoms with van der Waals surface area (Å²) in [6, 6.07) is 7.98. The molecule has 0 spiro atoms. The van der Waals surface area contributed by atoms with E-state index in [1.54, 1.807) is 51.1 Å². The van der Waals surface area contributed by atoms with Crippen LogP contribution in [0.5, 0.6) is 11.5 Å². The minimum atomic E-state index is -1.18. The predicted octanol–water partition coefficient (Wildman–Crippen LogP) is 5.44. The van der Waals surface area contributed by atoms with Crippen molar-refractivity contribution in [3.05, 3.63) is 51.5 Å². The van der Waals surface area contributed by atoms with Gasteiger partial charge in [-0.05, 0) is 45.0 Å². The highest BCUT2D eigenvalue weighted by Crippen LogP contribution is 2.42. The van der Waals surface area contributed by atoms with Crippen LogP contribution in [0.25, 0.3) is 0 Å². The van der Waals surface area contributed by atoms with Crippen LogP contribution in [0.1, 0.15) is 38.0 Å². The molecule has 0 saturated carbocycles. The number of anilines is 1. The van der Waals surface area contributed by atoms with Crippen molar-refractivity contribution in [2.75, 3.05) is 19.5 Å². The summed E-state index contributed by atoms with van der Waals surface area (Å²) in [6.45, 7) is 5.27. The summed E-state index contributed by atoms with van der Waals surface area (Å²) >= 11 is 12.5. The third kappa shape index (κ3) is 5.22. The third-order valence-electron chi connectivity index (χ3n) is 3.75. The van der Waals surface area contributed by atoms with Crippen LogP contribution in [0.2, 0.25) is 10.0 Å². The Labute approximate surface area is 174 Å². The van der Waals surface area contributed by atoms with Gasteiger partial charge in [0, 0.05) is 16.1 Å². The quantitative estimate of drug-likeness (QED) is 0.663. The number of carbonyl (C=O) groups excluding carboxylic acids is 1. The van der Waals surface area contributed by atoms with E-state index in [4.69, 9.17) is 37.4 Å². The average molecular weight is 428 g/mol. The molecule has 0 saturated heterocycles. The monoisotopic (exact) mass is 427 g/mol. The normalized spacial score (nSPS) is 12.3. The Hall–Kier alpha value is -2.15. The molecule has 2 aromatic rings. The number of amides is 1. The van der Waals surface area contributed by atoms with Crippen molar-refractivity contribution < 1.29 is 24.1 Å². The first-order valence-corrected chi connectivity index (χ1v) is 9.21. The number of halogens is 2. The first-order chi connectivity index (χ1) is 13.1. The third-order valence-corrected chi connectivity index (χ3v) is 4.38. The Morgan fingerprint density at radius 3 is 2.32 bits per heavy atom. The van der Waals surface area contributed by atoms with Crippen LogP contribution in [0.3, 0.4) is 0 Å². The number of aliphatic hydroxyl groups is 1. The van der Waals surface area contributed by atoms with E-state index in [2.05, 4.69) is 5.32 Å². The minimum absolute atomic E-state index is 0.192. The number of aliphatic hydroxyl groups excluding tert-OH is 1. The zero-order valence-electron chi connectivity index (χ0n) is 16.3. The van der Waals surface area contributed by atoms with E-state index in [-0.39, 0.29) is 5.02 Å². The van der Waals surface area contributed by atoms with Gasteiger partial charge in [0.15, 0.2) is 11.5 Å². The molecule has 2 aromatic carbocycles. The molecule has 0 radical (unpaired) electrons. The number of benzene rings is 2. The van der Waals surface area contributed by atoms with E-state index in [1.165, 1.54) is 14.2 Å². The number of ether oxygens (including phenoxy) is 3. The lowest BCUT2D eigenvalue weighted by atomic mass is 9.99. The van der Waals surface area contributed by atoms with Crippen LogP contribution >= 0.6 is 23.2 Å². The van der Waals surface area contributed by atoms with E-state index >= 15 is 0 Å². The van der Waals surface area contributed by atoms with E-state index in [1.807, 2.05) is 0 Å². The molecule has 0 aliphatic carbocycles. The van der Waals surface area contributed by atoms with Crippen LogP contribution in [0.4, 0.5) is 10.5 Å². The van der Waals surface area contributed by atoms with Gasteiger partial charge in [0.25, 0.3) is 0 Å². The van der Waals surface area contributed by atoms with Gasteiger partial charge in [0.1, 0.15) is 11.7 Å². The van der Waals surface area contributed by atoms with E-state index in [9.17, 15) is 9.90 Å². The molecule has 1 unspecified atom stereocenters. The molecule has 2 rings (SSSR count). The van der Waals surface area contributed by atoms with Crippen molar-refractivity contribution in [2.24, 2.45) is 0 Å². The largest absolute Gasteiger partial charge is 0.493 e. The topological polar surface area (TPSA) is 77.0 Å². The molecule has 8 heteroatoms. The molecule has 1 amide bonds. The lowest BCUT2D eigenvalue weighted by Crippen LogP contribution is -2.27. The molecule has 152 valence electrons. The van der Waals surface area contributed by atoms with Crippen LogP contribution in [-0.4, -0.2) is 31.0 Å². The van der Waals surface area contributed by atoms with E-state index in [0.717, 1.165) is 0 Å². The molecule has 0 aromatic heterocycles. The second-order valence-electron chi connectivity index (χ2n) is 6.97. The smallest absolute Gasteiger partial charge is 0.412 e. The zero-order chi connectivity index (χ0) is 21.1. The van der Waals surface area contributed by atoms with Crippen molar-refractivity contribution in [3.63, 3.8) is 0 Å². The van der Waals surface area contributed by atoms with Gasteiger partial charge in [0.05, 0.1) is 24.9 Å². The van der Waals surface area contributed by atoms with Crippen LogP contribution in [-0.2, 0) is 4.74 Å². The van der Waals surface area contributed by atoms with Gasteiger partial charge in [-0.25, -0.2) is 4.79 Å². The fourth-order valence-electron chi connectivity index (χ4n) is 2.57. The second-order valence-corrected chi connectivity index (χ2v) is 7.78. The minimum Gasteiger partial charge on any atom is -0.493 e. The molecular formula is C20H23Cl2NO5. The summed E-state index contributed by atoms with van der Waals surface area (Å²) in [5.41, 5.74) is 0.403. The van der Waals surface area contributed by atoms with Gasteiger partial charge in [-0.1, -0.05) is 29.3 Å². The van der Waals surface area contributed by atoms with Gasteiger partial charge in [-0.2, -0.15) is 0 Å². The van der Waals surface area contributed by atoms with E-state index < -0.39 is 17.8 Å². The van der Waals surface area contributed by atoms with Crippen LogP contribution < -0.4 is 14.8 Å². The van der Waals surface area contributed by atoms with Crippen LogP contribution in [0, 0.1) is 0 Å². The number of carbonyl (C=O) groups is 1. The van der Waals surface area contributed by atoms with Gasteiger partial charge in [-0.3, -0.25) is 5.32 Å². The summed E-state index contributed by atoms with van der Waals surface area (Å²) in [5, 5.41) is 14.2. The highest BCUT2D eigenvalue weighted by Gasteiger charge is 2.24. The molecule has 0 aliphatic rings. The first kappa shape index (κ1) is 22.1. The number of methoxy groups -OCH3 is 2. The molecule has 1 atom stereocenters. The van der Waals surface area contributed by atoms with Gasteiger partial charge < -0.3 is 19.3 Å². The number of hydrogen-bond acceptors (Lipinski definition) is 5. The lowest BCUT2D eigenvalue weighted by Gasteiger charge is -2.22. The molecule has 0 heterocycles. The van der Waals surface area contributed by atoms with E-state index in [0.29, 0.717) is 33.3 Å². The summed E-state index contributed by atoms with van der Waals surface area (Å²) in [4.78, 5) is 12.2. The molecule has 0 bridgehead atoms. The maximum atomic E-state index is 12.2. The summed E-state index contributed by atoms with van der Waals surface area (Å²) in [6.07, 6.45) is -1.84. The fraction of sp³-hybridized carbons (Fsp3) is 0.350. The van der Waals surface area contributed by atoms with Crippen molar-refractivity contribution >= 4 is 35.0 Å². The lowest BCUT2D eigenvalue weighted by molar-refractivity contribution is 0.0635. The van der Waals surface area contributed by atoms with Gasteiger partial charge >= 0.3 is 6.09 Å². The SMILES string of the molecule is COc1ccc(C(O)c2cc(Cl)ccc2NC(=O)OC(C)(C)C)c(Cl)c1OC. The van der Waals surface area contributed by atoms with Gasteiger partial charge in [0.2, 0.25) is 0 Å². The molecular weight excluding hydrogens is 405 g/mol. The summed E-state index contributed by atoms with van der Waals surface area (Å²) in [7, 11) is 2.94. The summed E-state index contributed by atoms with van der Waals surface area (Å²) in [5.74, 6) is 0.728. The number of nitrogens with one attached hydrogen (secondary N) is 1. The maximum Gasteiger partial charge on any atom is 0.412 e.